The van der Waals surface area contributed by atoms with Gasteiger partial charge >= 0.3 is 5.91 Å². The largest absolute Gasteiger partial charge is 0.383 e. The Balaban J connectivity index is 2.01. The highest BCUT2D eigenvalue weighted by Crippen LogP contribution is 2.30. The molecule has 3 aromatic rings. The van der Waals surface area contributed by atoms with Gasteiger partial charge in [0.1, 0.15) is 5.57 Å². The number of methoxy groups -OCH3 is 1. The Kier molecular flexibility index (Phi) is 6.61. The molecule has 0 unspecified atom stereocenters. The van der Waals surface area contributed by atoms with E-state index in [1.165, 1.54) is 11.8 Å². The molecule has 2 aromatic heterocycles. The van der Waals surface area contributed by atoms with Gasteiger partial charge in [0.15, 0.2) is 12.4 Å². The number of benzene rings is 1. The van der Waals surface area contributed by atoms with E-state index in [0.29, 0.717) is 17.8 Å². The summed E-state index contributed by atoms with van der Waals surface area (Å²) in [5.41, 5.74) is 3.34. The summed E-state index contributed by atoms with van der Waals surface area (Å²) in [5.74, 6) is -0.932. The summed E-state index contributed by atoms with van der Waals surface area (Å²) in [4.78, 5) is 42.1. The van der Waals surface area contributed by atoms with E-state index in [0.717, 1.165) is 22.4 Å². The van der Waals surface area contributed by atoms with Gasteiger partial charge in [0, 0.05) is 23.9 Å². The second kappa shape index (κ2) is 9.61. The maximum Gasteiger partial charge on any atom is 0.326 e. The van der Waals surface area contributed by atoms with Gasteiger partial charge in [-0.05, 0) is 38.5 Å². The molecule has 0 bridgehead atoms. The minimum atomic E-state index is -0.489. The fraction of sp³-hybridized carbons (Fsp3) is 0.308. The summed E-state index contributed by atoms with van der Waals surface area (Å²) in [6.07, 6.45) is 4.92. The summed E-state index contributed by atoms with van der Waals surface area (Å²) in [7, 11) is 1.52. The number of hydrogen-bond donors (Lipinski definition) is 1. The topological polar surface area (TPSA) is 88.3 Å². The Labute approximate surface area is 198 Å². The quantitative estimate of drug-likeness (QED) is 0.412. The standard InChI is InChI=1S/C26H28N4O4/c1-5-9-20-21(25(32)30(27-20)19-10-7-6-8-11-19)22-23(28-15-17(2)14-18(3)16-28)26(33)29(24(22)31)12-13-34-4/h6-8,10-11,14-16H,5,9,12-13H2,1-4H3/p+1. The van der Waals surface area contributed by atoms with Crippen LogP contribution in [0.25, 0.3) is 17.0 Å². The molecule has 0 saturated heterocycles. The molecule has 0 atom stereocenters. The van der Waals surface area contributed by atoms with Crippen molar-refractivity contribution in [3.8, 4) is 5.69 Å². The molecule has 0 radical (unpaired) electrons. The molecule has 8 nitrogen and oxygen atoms in total. The van der Waals surface area contributed by atoms with Gasteiger partial charge in [-0.15, -0.1) is 0 Å². The lowest BCUT2D eigenvalue weighted by atomic mass is 10.0. The van der Waals surface area contributed by atoms with Crippen LogP contribution < -0.4 is 10.1 Å². The normalized spacial score (nSPS) is 13.9. The zero-order chi connectivity index (χ0) is 24.4. The number of carbonyl (C=O) groups excluding carboxylic acids is 2. The molecule has 0 spiro atoms. The predicted molar refractivity (Wildman–Crippen MR) is 128 cm³/mol. The van der Waals surface area contributed by atoms with E-state index in [1.54, 1.807) is 17.0 Å². The third kappa shape index (κ3) is 4.12. The van der Waals surface area contributed by atoms with Crippen molar-refractivity contribution in [1.82, 2.24) is 14.7 Å². The monoisotopic (exact) mass is 461 g/mol. The molecule has 2 amide bonds. The van der Waals surface area contributed by atoms with Crippen molar-refractivity contribution < 1.29 is 18.9 Å². The van der Waals surface area contributed by atoms with Crippen LogP contribution in [-0.4, -0.2) is 46.8 Å². The maximum absolute atomic E-state index is 13.7. The summed E-state index contributed by atoms with van der Waals surface area (Å²) < 4.78 is 8.23. The smallest absolute Gasteiger partial charge is 0.326 e. The Bertz CT molecular complexity index is 1310. The van der Waals surface area contributed by atoms with Crippen LogP contribution in [0.3, 0.4) is 0 Å². The molecule has 0 aliphatic carbocycles. The van der Waals surface area contributed by atoms with Crippen molar-refractivity contribution in [2.24, 2.45) is 0 Å². The predicted octanol–water partition coefficient (Wildman–Crippen LogP) is 2.41. The van der Waals surface area contributed by atoms with Crippen molar-refractivity contribution in [2.75, 3.05) is 20.3 Å². The van der Waals surface area contributed by atoms with E-state index in [9.17, 15) is 14.4 Å². The van der Waals surface area contributed by atoms with Gasteiger partial charge in [0.2, 0.25) is 0 Å². The van der Waals surface area contributed by atoms with Crippen LogP contribution in [0.1, 0.15) is 35.7 Å². The molecule has 8 heteroatoms. The number of carbonyl (C=O) groups is 2. The second-order valence-corrected chi connectivity index (χ2v) is 8.47. The van der Waals surface area contributed by atoms with Crippen molar-refractivity contribution in [1.29, 1.82) is 0 Å². The van der Waals surface area contributed by atoms with E-state index in [4.69, 9.17) is 4.74 Å². The Morgan fingerprint density at radius 2 is 1.68 bits per heavy atom. The van der Waals surface area contributed by atoms with E-state index < -0.39 is 11.8 Å². The van der Waals surface area contributed by atoms with E-state index >= 15 is 0 Å². The fourth-order valence-corrected chi connectivity index (χ4v) is 4.38. The number of aryl methyl sites for hydroxylation is 3. The number of para-hydroxylation sites is 1. The number of H-pyrrole nitrogens is 1. The van der Waals surface area contributed by atoms with Gasteiger partial charge in [-0.1, -0.05) is 31.5 Å². The number of ether oxygens (including phenoxy) is 1. The first-order valence-electron chi connectivity index (χ1n) is 11.4. The van der Waals surface area contributed by atoms with Gasteiger partial charge in [-0.25, -0.2) is 4.68 Å². The number of rotatable bonds is 8. The van der Waals surface area contributed by atoms with Crippen molar-refractivity contribution >= 4 is 23.1 Å². The number of amides is 2. The minimum Gasteiger partial charge on any atom is -0.383 e. The SMILES string of the molecule is CCCc1[nH]n(-c2ccccc2)c(=O)c1C1=C([n+]2cc(C)cc(C)c2)C(=O)N(CCOC)C1=O. The number of aromatic amines is 1. The lowest BCUT2D eigenvalue weighted by molar-refractivity contribution is -0.577. The third-order valence-electron chi connectivity index (χ3n) is 5.79. The molecule has 1 N–H and O–H groups in total. The van der Waals surface area contributed by atoms with Gasteiger partial charge in [-0.2, -0.15) is 4.57 Å². The highest BCUT2D eigenvalue weighted by Gasteiger charge is 2.47. The Hall–Kier alpha value is -3.78. The van der Waals surface area contributed by atoms with Crippen LogP contribution in [0.5, 0.6) is 0 Å². The first-order chi connectivity index (χ1) is 16.4. The van der Waals surface area contributed by atoms with Crippen LogP contribution in [0, 0.1) is 13.8 Å². The zero-order valence-corrected chi connectivity index (χ0v) is 19.9. The zero-order valence-electron chi connectivity index (χ0n) is 19.9. The van der Waals surface area contributed by atoms with Gasteiger partial charge in [0.25, 0.3) is 17.2 Å². The van der Waals surface area contributed by atoms with Crippen LogP contribution in [0.2, 0.25) is 0 Å². The summed E-state index contributed by atoms with van der Waals surface area (Å²) in [5, 5.41) is 3.19. The molecule has 34 heavy (non-hydrogen) atoms. The number of nitrogens with one attached hydrogen (secondary N) is 1. The van der Waals surface area contributed by atoms with Crippen molar-refractivity contribution in [3.05, 3.63) is 81.5 Å². The van der Waals surface area contributed by atoms with Crippen molar-refractivity contribution in [3.63, 3.8) is 0 Å². The number of aromatic nitrogens is 3. The summed E-state index contributed by atoms with van der Waals surface area (Å²) >= 11 is 0. The molecule has 4 rings (SSSR count). The van der Waals surface area contributed by atoms with Gasteiger partial charge in [0.05, 0.1) is 24.4 Å². The molecule has 0 fully saturated rings. The fourth-order valence-electron chi connectivity index (χ4n) is 4.38. The van der Waals surface area contributed by atoms with Crippen LogP contribution >= 0.6 is 0 Å². The summed E-state index contributed by atoms with van der Waals surface area (Å²) in [6, 6.07) is 11.2. The molecule has 1 aliphatic rings. The average molecular weight is 462 g/mol. The number of nitrogens with zero attached hydrogens (tertiary/aromatic N) is 3. The molecule has 1 aliphatic heterocycles. The Morgan fingerprint density at radius 3 is 2.29 bits per heavy atom. The third-order valence-corrected chi connectivity index (χ3v) is 5.79. The van der Waals surface area contributed by atoms with Gasteiger partial charge < -0.3 is 4.74 Å². The first-order valence-corrected chi connectivity index (χ1v) is 11.4. The van der Waals surface area contributed by atoms with Crippen LogP contribution in [-0.2, 0) is 20.7 Å². The highest BCUT2D eigenvalue weighted by atomic mass is 16.5. The molecule has 176 valence electrons. The molecular weight excluding hydrogens is 432 g/mol. The Morgan fingerprint density at radius 1 is 1.00 bits per heavy atom. The van der Waals surface area contributed by atoms with Crippen LogP contribution in [0.4, 0.5) is 0 Å². The van der Waals surface area contributed by atoms with E-state index in [-0.39, 0.29) is 35.5 Å². The molecule has 3 heterocycles. The lowest BCUT2D eigenvalue weighted by Crippen LogP contribution is -2.41. The van der Waals surface area contributed by atoms with Crippen LogP contribution in [0.15, 0.2) is 53.6 Å². The molecule has 0 saturated carbocycles. The molecule has 1 aromatic carbocycles. The number of imide groups is 1. The van der Waals surface area contributed by atoms with Gasteiger partial charge in [-0.3, -0.25) is 24.4 Å². The summed E-state index contributed by atoms with van der Waals surface area (Å²) in [6.45, 7) is 6.16. The van der Waals surface area contributed by atoms with E-state index in [1.807, 2.05) is 57.2 Å². The lowest BCUT2D eigenvalue weighted by Gasteiger charge is -2.12. The maximum atomic E-state index is 13.7. The van der Waals surface area contributed by atoms with Crippen molar-refractivity contribution in [2.45, 2.75) is 33.6 Å². The highest BCUT2D eigenvalue weighted by molar-refractivity contribution is 6.44. The number of pyridine rings is 1. The minimum absolute atomic E-state index is 0.104. The first kappa shape index (κ1) is 23.4. The number of hydrogen-bond acceptors (Lipinski definition) is 4. The second-order valence-electron chi connectivity index (χ2n) is 8.47. The molecular formula is C26H29N4O4+. The average Bonchev–Trinajstić information content (AvgIpc) is 3.25. The van der Waals surface area contributed by atoms with E-state index in [2.05, 4.69) is 5.10 Å².